The summed E-state index contributed by atoms with van der Waals surface area (Å²) in [5.41, 5.74) is 6.71. The van der Waals surface area contributed by atoms with Gasteiger partial charge >= 0.3 is 0 Å². The van der Waals surface area contributed by atoms with E-state index in [-0.39, 0.29) is 12.5 Å². The number of aryl methyl sites for hydroxylation is 2. The molecule has 0 aliphatic carbocycles. The Morgan fingerprint density at radius 2 is 2.20 bits per heavy atom. The quantitative estimate of drug-likeness (QED) is 0.725. The van der Waals surface area contributed by atoms with E-state index in [1.807, 2.05) is 6.92 Å². The third-order valence-corrected chi connectivity index (χ3v) is 3.82. The Labute approximate surface area is 118 Å². The van der Waals surface area contributed by atoms with Crippen molar-refractivity contribution in [3.63, 3.8) is 0 Å². The number of nitrogens with zero attached hydrogens (tertiary/aromatic N) is 2. The lowest BCUT2D eigenvalue weighted by Crippen LogP contribution is -2.55. The van der Waals surface area contributed by atoms with Crippen molar-refractivity contribution in [3.05, 3.63) is 11.4 Å². The third kappa shape index (κ3) is 2.64. The Hall–Kier alpha value is -1.60. The van der Waals surface area contributed by atoms with Crippen molar-refractivity contribution in [1.82, 2.24) is 15.1 Å². The normalized spacial score (nSPS) is 17.9. The van der Waals surface area contributed by atoms with Crippen LogP contribution in [0, 0.1) is 6.92 Å². The van der Waals surface area contributed by atoms with Gasteiger partial charge in [-0.05, 0) is 26.7 Å². The Balaban J connectivity index is 2.23. The summed E-state index contributed by atoms with van der Waals surface area (Å²) in [7, 11) is 0. The molecule has 1 aromatic heterocycles. The zero-order valence-electron chi connectivity index (χ0n) is 12.0. The summed E-state index contributed by atoms with van der Waals surface area (Å²) in [6, 6.07) is 0. The monoisotopic (exact) mass is 282 g/mol. The van der Waals surface area contributed by atoms with Crippen molar-refractivity contribution < 1.29 is 14.6 Å². The van der Waals surface area contributed by atoms with E-state index in [0.29, 0.717) is 49.7 Å². The predicted molar refractivity (Wildman–Crippen MR) is 74.4 cm³/mol. The molecule has 1 aliphatic heterocycles. The molecule has 1 amide bonds. The first-order chi connectivity index (χ1) is 9.53. The number of aliphatic hydroxyl groups is 1. The molecule has 0 bridgehead atoms. The number of carbonyl (C=O) groups excluding carboxylic acids is 1. The van der Waals surface area contributed by atoms with Gasteiger partial charge < -0.3 is 20.9 Å². The van der Waals surface area contributed by atoms with Crippen LogP contribution in [0.15, 0.2) is 0 Å². The minimum Gasteiger partial charge on any atom is -0.395 e. The molecule has 0 radical (unpaired) electrons. The summed E-state index contributed by atoms with van der Waals surface area (Å²) >= 11 is 0. The fourth-order valence-electron chi connectivity index (χ4n) is 2.45. The molecule has 112 valence electrons. The topological polar surface area (TPSA) is 102 Å². The number of nitrogens with two attached hydrogens (primary N) is 1. The molecule has 0 spiro atoms. The number of amides is 1. The summed E-state index contributed by atoms with van der Waals surface area (Å²) in [5.74, 6) is -0.291. The van der Waals surface area contributed by atoms with Crippen LogP contribution in [0.2, 0.25) is 0 Å². The highest BCUT2D eigenvalue weighted by Gasteiger charge is 2.35. The van der Waals surface area contributed by atoms with Crippen LogP contribution in [-0.2, 0) is 11.3 Å². The number of hydrogen-bond acceptors (Lipinski definition) is 5. The highest BCUT2D eigenvalue weighted by Crippen LogP contribution is 2.23. The molecule has 1 aliphatic rings. The second kappa shape index (κ2) is 5.80. The van der Waals surface area contributed by atoms with Crippen molar-refractivity contribution in [2.24, 2.45) is 0 Å². The molecular weight excluding hydrogens is 260 g/mol. The van der Waals surface area contributed by atoms with Gasteiger partial charge in [-0.25, -0.2) is 0 Å². The molecule has 0 saturated carbocycles. The second-order valence-corrected chi connectivity index (χ2v) is 5.17. The minimum absolute atomic E-state index is 0.110. The molecule has 1 fully saturated rings. The van der Waals surface area contributed by atoms with Crippen LogP contribution in [-0.4, -0.2) is 46.2 Å². The van der Waals surface area contributed by atoms with Crippen molar-refractivity contribution >= 4 is 11.6 Å². The fraction of sp³-hybridized carbons (Fsp3) is 0.692. The van der Waals surface area contributed by atoms with Gasteiger partial charge in [0.05, 0.1) is 23.5 Å². The van der Waals surface area contributed by atoms with E-state index in [0.717, 1.165) is 0 Å². The number of ether oxygens (including phenoxy) is 1. The Morgan fingerprint density at radius 3 is 2.75 bits per heavy atom. The molecular formula is C13H22N4O3. The number of hydrogen-bond donors (Lipinski definition) is 3. The van der Waals surface area contributed by atoms with E-state index >= 15 is 0 Å². The summed E-state index contributed by atoms with van der Waals surface area (Å²) in [6.07, 6.45) is 1.18. The summed E-state index contributed by atoms with van der Waals surface area (Å²) in [4.78, 5) is 12.5. The lowest BCUT2D eigenvalue weighted by Gasteiger charge is -2.36. The molecule has 7 heteroatoms. The van der Waals surface area contributed by atoms with E-state index < -0.39 is 5.54 Å². The maximum atomic E-state index is 12.5. The molecule has 0 unspecified atom stereocenters. The van der Waals surface area contributed by atoms with Crippen molar-refractivity contribution in [1.29, 1.82) is 0 Å². The van der Waals surface area contributed by atoms with Crippen LogP contribution < -0.4 is 11.1 Å². The number of anilines is 1. The molecule has 0 atom stereocenters. The van der Waals surface area contributed by atoms with Crippen molar-refractivity contribution in [2.75, 3.05) is 25.6 Å². The lowest BCUT2D eigenvalue weighted by atomic mass is 9.91. The van der Waals surface area contributed by atoms with Crippen LogP contribution in [0.4, 0.5) is 5.69 Å². The van der Waals surface area contributed by atoms with Gasteiger partial charge in [0.25, 0.3) is 5.91 Å². The number of aliphatic hydroxyl groups excluding tert-OH is 1. The van der Waals surface area contributed by atoms with Gasteiger partial charge in [0.2, 0.25) is 0 Å². The molecule has 2 rings (SSSR count). The van der Waals surface area contributed by atoms with Crippen LogP contribution in [0.1, 0.15) is 35.9 Å². The Morgan fingerprint density at radius 1 is 1.55 bits per heavy atom. The van der Waals surface area contributed by atoms with Gasteiger partial charge in [-0.15, -0.1) is 0 Å². The van der Waals surface area contributed by atoms with Crippen LogP contribution >= 0.6 is 0 Å². The molecule has 7 nitrogen and oxygen atoms in total. The number of rotatable bonds is 4. The SMILES string of the molecule is CCn1nc(C)c(N)c1C(=O)NC1(CO)CCOCC1. The van der Waals surface area contributed by atoms with Gasteiger partial charge in [-0.2, -0.15) is 5.10 Å². The number of nitrogens with one attached hydrogen (secondary N) is 1. The van der Waals surface area contributed by atoms with E-state index in [1.165, 1.54) is 0 Å². The summed E-state index contributed by atoms with van der Waals surface area (Å²) in [5, 5.41) is 16.8. The fourth-order valence-corrected chi connectivity index (χ4v) is 2.45. The van der Waals surface area contributed by atoms with Crippen LogP contribution in [0.5, 0.6) is 0 Å². The first kappa shape index (κ1) is 14.8. The highest BCUT2D eigenvalue weighted by molar-refractivity contribution is 5.98. The first-order valence-corrected chi connectivity index (χ1v) is 6.87. The maximum Gasteiger partial charge on any atom is 0.272 e. The highest BCUT2D eigenvalue weighted by atomic mass is 16.5. The van der Waals surface area contributed by atoms with E-state index in [1.54, 1.807) is 11.6 Å². The molecule has 1 aromatic rings. The van der Waals surface area contributed by atoms with Gasteiger partial charge in [0.1, 0.15) is 5.69 Å². The molecule has 1 saturated heterocycles. The predicted octanol–water partition coefficient (Wildman–Crippen LogP) is 0.0649. The zero-order chi connectivity index (χ0) is 14.8. The molecule has 20 heavy (non-hydrogen) atoms. The maximum absolute atomic E-state index is 12.5. The van der Waals surface area contributed by atoms with E-state index in [9.17, 15) is 9.90 Å². The number of aromatic nitrogens is 2. The largest absolute Gasteiger partial charge is 0.395 e. The van der Waals surface area contributed by atoms with Crippen LogP contribution in [0.25, 0.3) is 0 Å². The summed E-state index contributed by atoms with van der Waals surface area (Å²) < 4.78 is 6.87. The van der Waals surface area contributed by atoms with E-state index in [4.69, 9.17) is 10.5 Å². The first-order valence-electron chi connectivity index (χ1n) is 6.87. The third-order valence-electron chi connectivity index (χ3n) is 3.82. The van der Waals surface area contributed by atoms with Crippen molar-refractivity contribution in [3.8, 4) is 0 Å². The van der Waals surface area contributed by atoms with Crippen LogP contribution in [0.3, 0.4) is 0 Å². The van der Waals surface area contributed by atoms with Gasteiger partial charge in [-0.3, -0.25) is 9.48 Å². The smallest absolute Gasteiger partial charge is 0.272 e. The molecule has 4 N–H and O–H groups in total. The molecule has 2 heterocycles. The average molecular weight is 282 g/mol. The van der Waals surface area contributed by atoms with Gasteiger partial charge in [-0.1, -0.05) is 0 Å². The van der Waals surface area contributed by atoms with Gasteiger partial charge in [0.15, 0.2) is 0 Å². The standard InChI is InChI=1S/C13H22N4O3/c1-3-17-11(10(14)9(2)16-17)12(19)15-13(8-18)4-6-20-7-5-13/h18H,3-8,14H2,1-2H3,(H,15,19). The Bertz CT molecular complexity index is 492. The zero-order valence-corrected chi connectivity index (χ0v) is 12.0. The van der Waals surface area contributed by atoms with Crippen molar-refractivity contribution in [2.45, 2.75) is 38.8 Å². The minimum atomic E-state index is -0.626. The second-order valence-electron chi connectivity index (χ2n) is 5.17. The van der Waals surface area contributed by atoms with E-state index in [2.05, 4.69) is 10.4 Å². The number of nitrogen functional groups attached to an aromatic ring is 1. The summed E-state index contributed by atoms with van der Waals surface area (Å²) in [6.45, 7) is 5.19. The lowest BCUT2D eigenvalue weighted by molar-refractivity contribution is 0.0123. The molecule has 0 aromatic carbocycles. The van der Waals surface area contributed by atoms with Gasteiger partial charge in [0, 0.05) is 19.8 Å². The number of carbonyl (C=O) groups is 1. The average Bonchev–Trinajstić information content (AvgIpc) is 2.75. The Kier molecular flexibility index (Phi) is 4.29.